The fourth-order valence-electron chi connectivity index (χ4n) is 4.44. The highest BCUT2D eigenvalue weighted by atomic mass is 35.5. The van der Waals surface area contributed by atoms with Gasteiger partial charge in [0.2, 0.25) is 0 Å². The monoisotopic (exact) mass is 724 g/mol. The lowest BCUT2D eigenvalue weighted by atomic mass is 10.1. The fourth-order valence-corrected chi connectivity index (χ4v) is 8.59. The molecular formula is C34H29ClN2O8S3. The largest absolute Gasteiger partial charge is 0.366 e. The number of halogens is 1. The summed E-state index contributed by atoms with van der Waals surface area (Å²) in [6.45, 7) is 7.21. The fraction of sp³-hybridized carbons (Fsp3) is 0.118. The van der Waals surface area contributed by atoms with Crippen LogP contribution in [0.3, 0.4) is 0 Å². The summed E-state index contributed by atoms with van der Waals surface area (Å²) in [6, 6.07) is 21.2. The number of aryl methyl sites for hydroxylation is 4. The molecule has 3 heterocycles. The SMILES string of the molecule is Cc1ccc(/C=C/c2cc(C)cc(=O)n2OS(=O)(=O)c2cc(S(=O)(=O)On3c(/C=C/c4ccc(C)cc4)cc(C)cc3=O)c(Cl)s2)cc1. The maximum atomic E-state index is 13.4. The Hall–Kier alpha value is -4.69. The third-order valence-corrected chi connectivity index (χ3v) is 11.3. The molecule has 0 aliphatic carbocycles. The molecule has 0 amide bonds. The number of aromatic nitrogens is 2. The first-order valence-corrected chi connectivity index (χ1v) is 18.3. The average Bonchev–Trinajstić information content (AvgIpc) is 3.43. The third-order valence-electron chi connectivity index (χ3n) is 6.86. The third kappa shape index (κ3) is 8.05. The standard InChI is InChI=1S/C34H29ClN2O8S3/c1-22-5-9-26(10-6-22)13-15-28-17-24(3)19-31(38)36(28)44-47(40,41)30-21-33(46-34(30)35)48(42,43)45-37-29(18-25(4)20-32(37)39)16-14-27-11-7-23(2)8-12-27/h5-21H,1-4H3/b15-13+,16-14+. The molecule has 0 bridgehead atoms. The smallest absolute Gasteiger partial charge is 0.280 e. The summed E-state index contributed by atoms with van der Waals surface area (Å²) in [5.41, 5.74) is 3.48. The predicted molar refractivity (Wildman–Crippen MR) is 188 cm³/mol. The molecule has 0 radical (unpaired) electrons. The topological polar surface area (TPSA) is 131 Å². The molecular weight excluding hydrogens is 696 g/mol. The van der Waals surface area contributed by atoms with Gasteiger partial charge in [0.15, 0.2) is 4.21 Å². The van der Waals surface area contributed by atoms with Gasteiger partial charge in [-0.25, -0.2) is 0 Å². The Morgan fingerprint density at radius 1 is 0.583 bits per heavy atom. The molecule has 0 atom stereocenters. The molecule has 0 unspecified atom stereocenters. The summed E-state index contributed by atoms with van der Waals surface area (Å²) < 4.78 is 64.1. The number of hydrogen-bond donors (Lipinski definition) is 0. The number of nitrogens with zero attached hydrogens (tertiary/aromatic N) is 2. The van der Waals surface area contributed by atoms with Gasteiger partial charge in [-0.05, 0) is 80.3 Å². The van der Waals surface area contributed by atoms with E-state index in [0.717, 1.165) is 28.3 Å². The van der Waals surface area contributed by atoms with E-state index in [1.807, 2.05) is 62.4 Å². The lowest BCUT2D eigenvalue weighted by Gasteiger charge is -2.12. The summed E-state index contributed by atoms with van der Waals surface area (Å²) in [5.74, 6) is 0. The van der Waals surface area contributed by atoms with E-state index >= 15 is 0 Å². The first kappa shape index (κ1) is 34.6. The summed E-state index contributed by atoms with van der Waals surface area (Å²) in [6.07, 6.45) is 6.39. The van der Waals surface area contributed by atoms with Crippen LogP contribution < -0.4 is 19.7 Å². The van der Waals surface area contributed by atoms with Crippen LogP contribution >= 0.6 is 22.9 Å². The summed E-state index contributed by atoms with van der Waals surface area (Å²) in [5, 5.41) is 0. The van der Waals surface area contributed by atoms with Gasteiger partial charge in [-0.3, -0.25) is 18.2 Å². The molecule has 0 spiro atoms. The van der Waals surface area contributed by atoms with E-state index < -0.39 is 44.8 Å². The molecule has 248 valence electrons. The molecule has 14 heteroatoms. The van der Waals surface area contributed by atoms with Crippen LogP contribution in [0.5, 0.6) is 0 Å². The van der Waals surface area contributed by atoms with Crippen LogP contribution in [0.4, 0.5) is 0 Å². The zero-order valence-electron chi connectivity index (χ0n) is 26.1. The van der Waals surface area contributed by atoms with Gasteiger partial charge in [0.05, 0.1) is 11.4 Å². The van der Waals surface area contributed by atoms with Crippen LogP contribution in [0.15, 0.2) is 97.6 Å². The normalized spacial score (nSPS) is 12.2. The van der Waals surface area contributed by atoms with Crippen molar-refractivity contribution in [1.29, 1.82) is 0 Å². The Kier molecular flexibility index (Phi) is 9.97. The zero-order valence-corrected chi connectivity index (χ0v) is 29.3. The number of rotatable bonds is 10. The van der Waals surface area contributed by atoms with Crippen molar-refractivity contribution in [2.24, 2.45) is 0 Å². The average molecular weight is 725 g/mol. The van der Waals surface area contributed by atoms with Gasteiger partial charge in [0, 0.05) is 12.1 Å². The second-order valence-corrected chi connectivity index (χ2v) is 15.8. The van der Waals surface area contributed by atoms with Gasteiger partial charge in [-0.15, -0.1) is 20.8 Å². The van der Waals surface area contributed by atoms with E-state index in [2.05, 4.69) is 0 Å². The number of hydrogen-bond acceptors (Lipinski definition) is 9. The van der Waals surface area contributed by atoms with Gasteiger partial charge in [-0.1, -0.05) is 83.4 Å². The van der Waals surface area contributed by atoms with Crippen molar-refractivity contribution in [3.63, 3.8) is 0 Å². The van der Waals surface area contributed by atoms with Crippen LogP contribution in [0.25, 0.3) is 24.3 Å². The Balaban J connectivity index is 1.46. The summed E-state index contributed by atoms with van der Waals surface area (Å²) in [7, 11) is -9.65. The Bertz CT molecular complexity index is 2410. The van der Waals surface area contributed by atoms with Gasteiger partial charge < -0.3 is 0 Å². The first-order valence-electron chi connectivity index (χ1n) is 14.3. The summed E-state index contributed by atoms with van der Waals surface area (Å²) in [4.78, 5) is 25.0. The van der Waals surface area contributed by atoms with Gasteiger partial charge in [-0.2, -0.15) is 16.8 Å². The van der Waals surface area contributed by atoms with Crippen molar-refractivity contribution in [1.82, 2.24) is 9.46 Å². The molecule has 5 rings (SSSR count). The predicted octanol–water partition coefficient (Wildman–Crippen LogP) is 5.93. The molecule has 0 aliphatic heterocycles. The quantitative estimate of drug-likeness (QED) is 0.173. The number of benzene rings is 2. The molecule has 0 saturated carbocycles. The second kappa shape index (κ2) is 13.8. The minimum Gasteiger partial charge on any atom is -0.280 e. The molecule has 5 aromatic rings. The van der Waals surface area contributed by atoms with E-state index in [-0.39, 0.29) is 11.4 Å². The molecule has 0 N–H and O–H groups in total. The van der Waals surface area contributed by atoms with Crippen LogP contribution in [-0.2, 0) is 20.2 Å². The first-order chi connectivity index (χ1) is 22.6. The Morgan fingerprint density at radius 3 is 1.44 bits per heavy atom. The van der Waals surface area contributed by atoms with E-state index in [1.165, 1.54) is 24.3 Å². The molecule has 10 nitrogen and oxygen atoms in total. The van der Waals surface area contributed by atoms with E-state index in [0.29, 0.717) is 31.9 Å². The highest BCUT2D eigenvalue weighted by molar-refractivity contribution is 7.90. The van der Waals surface area contributed by atoms with Crippen molar-refractivity contribution < 1.29 is 25.4 Å². The number of thiophene rings is 1. The van der Waals surface area contributed by atoms with Crippen molar-refractivity contribution in [2.75, 3.05) is 0 Å². The highest BCUT2D eigenvalue weighted by Gasteiger charge is 2.31. The molecule has 0 saturated heterocycles. The van der Waals surface area contributed by atoms with Gasteiger partial charge in [0.1, 0.15) is 9.23 Å². The van der Waals surface area contributed by atoms with Crippen molar-refractivity contribution >= 4 is 67.5 Å². The molecule has 48 heavy (non-hydrogen) atoms. The molecule has 3 aromatic heterocycles. The Morgan fingerprint density at radius 2 is 1.00 bits per heavy atom. The van der Waals surface area contributed by atoms with E-state index in [9.17, 15) is 26.4 Å². The Labute approximate surface area is 286 Å². The van der Waals surface area contributed by atoms with Crippen molar-refractivity contribution in [3.8, 4) is 0 Å². The molecule has 0 aliphatic rings. The van der Waals surface area contributed by atoms with Gasteiger partial charge >= 0.3 is 20.2 Å². The van der Waals surface area contributed by atoms with E-state index in [4.69, 9.17) is 20.2 Å². The lowest BCUT2D eigenvalue weighted by molar-refractivity contribution is 0.264. The van der Waals surface area contributed by atoms with Crippen LogP contribution in [-0.4, -0.2) is 26.3 Å². The second-order valence-electron chi connectivity index (χ2n) is 10.9. The summed E-state index contributed by atoms with van der Waals surface area (Å²) >= 11 is 6.62. The van der Waals surface area contributed by atoms with Crippen LogP contribution in [0, 0.1) is 27.7 Å². The maximum Gasteiger partial charge on any atom is 0.366 e. The number of pyridine rings is 2. The highest BCUT2D eigenvalue weighted by Crippen LogP contribution is 2.34. The minimum atomic E-state index is -4.86. The van der Waals surface area contributed by atoms with Crippen LogP contribution in [0.2, 0.25) is 4.34 Å². The van der Waals surface area contributed by atoms with Gasteiger partial charge in [0.25, 0.3) is 11.1 Å². The molecule has 0 fully saturated rings. The van der Waals surface area contributed by atoms with E-state index in [1.54, 1.807) is 38.1 Å². The maximum absolute atomic E-state index is 13.4. The van der Waals surface area contributed by atoms with Crippen LogP contribution in [0.1, 0.15) is 44.8 Å². The van der Waals surface area contributed by atoms with Crippen molar-refractivity contribution in [3.05, 3.63) is 149 Å². The van der Waals surface area contributed by atoms with Crippen molar-refractivity contribution in [2.45, 2.75) is 36.8 Å². The molecule has 2 aromatic carbocycles. The zero-order chi connectivity index (χ0) is 34.8. The minimum absolute atomic E-state index is 0.108. The lowest BCUT2D eigenvalue weighted by Crippen LogP contribution is -2.32.